The van der Waals surface area contributed by atoms with Crippen molar-refractivity contribution in [3.8, 4) is 0 Å². The first kappa shape index (κ1) is 17.7. The number of carboxylic acids is 1. The summed E-state index contributed by atoms with van der Waals surface area (Å²) in [5.41, 5.74) is 0.549. The minimum atomic E-state index is -2.34. The van der Waals surface area contributed by atoms with Gasteiger partial charge in [0.15, 0.2) is 8.03 Å². The van der Waals surface area contributed by atoms with Crippen LogP contribution in [0.4, 0.5) is 0 Å². The van der Waals surface area contributed by atoms with E-state index >= 15 is 0 Å². The fourth-order valence-electron chi connectivity index (χ4n) is 3.59. The van der Waals surface area contributed by atoms with Crippen LogP contribution in [0.5, 0.6) is 0 Å². The van der Waals surface area contributed by atoms with Gasteiger partial charge >= 0.3 is 5.97 Å². The molecule has 0 radical (unpaired) electrons. The van der Waals surface area contributed by atoms with Crippen molar-refractivity contribution in [2.45, 2.75) is 65.4 Å². The Morgan fingerprint density at radius 3 is 2.45 bits per heavy atom. The van der Waals surface area contributed by atoms with Crippen LogP contribution in [0.25, 0.3) is 0 Å². The molecule has 2 fully saturated rings. The van der Waals surface area contributed by atoms with Gasteiger partial charge in [-0.05, 0) is 43.4 Å². The van der Waals surface area contributed by atoms with E-state index in [0.717, 1.165) is 32.1 Å². The summed E-state index contributed by atoms with van der Waals surface area (Å²) in [6.45, 7) is 6.31. The first-order valence-electron chi connectivity index (χ1n) is 8.43. The predicted octanol–water partition coefficient (Wildman–Crippen LogP) is 4.50. The fraction of sp³-hybridized carbons (Fsp3) is 0.824. The maximum absolute atomic E-state index is 12.2. The molecule has 0 aromatic rings. The summed E-state index contributed by atoms with van der Waals surface area (Å²) in [7, 11) is -2.34. The third-order valence-corrected chi connectivity index (χ3v) is 6.47. The van der Waals surface area contributed by atoms with Crippen LogP contribution >= 0.6 is 8.03 Å². The van der Waals surface area contributed by atoms with Gasteiger partial charge in [0, 0.05) is 5.57 Å². The van der Waals surface area contributed by atoms with Gasteiger partial charge in [-0.2, -0.15) is 0 Å². The number of carboxylic acid groups (broad SMARTS) is 1. The normalized spacial score (nSPS) is 28.1. The van der Waals surface area contributed by atoms with Gasteiger partial charge in [0.1, 0.15) is 0 Å². The van der Waals surface area contributed by atoms with Gasteiger partial charge < -0.3 is 9.63 Å². The molecule has 0 heterocycles. The third kappa shape index (κ3) is 4.96. The van der Waals surface area contributed by atoms with E-state index in [4.69, 9.17) is 4.52 Å². The molecule has 0 aromatic heterocycles. The molecule has 2 aliphatic rings. The first-order chi connectivity index (χ1) is 10.3. The molecule has 5 heteroatoms. The summed E-state index contributed by atoms with van der Waals surface area (Å²) in [6, 6.07) is 0. The van der Waals surface area contributed by atoms with Crippen LogP contribution in [0.1, 0.15) is 59.3 Å². The fourth-order valence-corrected chi connectivity index (χ4v) is 4.83. The van der Waals surface area contributed by atoms with Gasteiger partial charge in [0.25, 0.3) is 0 Å². The predicted molar refractivity (Wildman–Crippen MR) is 88.6 cm³/mol. The average molecular weight is 328 g/mol. The van der Waals surface area contributed by atoms with Gasteiger partial charge in [0.2, 0.25) is 0 Å². The third-order valence-electron chi connectivity index (χ3n) is 5.17. The number of hydrogen-bond donors (Lipinski definition) is 1. The highest BCUT2D eigenvalue weighted by atomic mass is 31.1. The Labute approximate surface area is 134 Å². The van der Waals surface area contributed by atoms with Gasteiger partial charge in [-0.3, -0.25) is 4.57 Å². The van der Waals surface area contributed by atoms with E-state index in [1.807, 2.05) is 13.0 Å². The van der Waals surface area contributed by atoms with E-state index < -0.39 is 14.0 Å². The summed E-state index contributed by atoms with van der Waals surface area (Å²) in [6.07, 6.45) is 8.59. The first-order valence-corrected chi connectivity index (χ1v) is 9.95. The highest BCUT2D eigenvalue weighted by Crippen LogP contribution is 2.55. The molecular formula is C17H29O4P. The summed E-state index contributed by atoms with van der Waals surface area (Å²) in [4.78, 5) is 11.4. The van der Waals surface area contributed by atoms with Crippen LogP contribution in [0.3, 0.4) is 0 Å². The summed E-state index contributed by atoms with van der Waals surface area (Å²) in [5.74, 6) is -0.182. The van der Waals surface area contributed by atoms with E-state index in [0.29, 0.717) is 11.8 Å². The molecule has 2 aliphatic carbocycles. The van der Waals surface area contributed by atoms with Gasteiger partial charge in [-0.15, -0.1) is 0 Å². The van der Waals surface area contributed by atoms with E-state index in [2.05, 4.69) is 13.8 Å². The highest BCUT2D eigenvalue weighted by molar-refractivity contribution is 7.39. The molecule has 3 unspecified atom stereocenters. The zero-order chi connectivity index (χ0) is 16.3. The van der Waals surface area contributed by atoms with E-state index in [1.54, 1.807) is 0 Å². The van der Waals surface area contributed by atoms with Crippen LogP contribution in [-0.4, -0.2) is 23.3 Å². The minimum absolute atomic E-state index is 0.0499. The second kappa shape index (κ2) is 7.31. The number of rotatable bonds is 7. The topological polar surface area (TPSA) is 63.6 Å². The minimum Gasteiger partial charge on any atom is -0.478 e. The second-order valence-corrected chi connectivity index (χ2v) is 8.90. The maximum atomic E-state index is 12.2. The molecule has 0 aromatic carbocycles. The van der Waals surface area contributed by atoms with Crippen LogP contribution in [0.2, 0.25) is 0 Å². The Bertz CT molecular complexity index is 463. The van der Waals surface area contributed by atoms with Crippen LogP contribution in [-0.2, 0) is 13.9 Å². The van der Waals surface area contributed by atoms with Crippen molar-refractivity contribution in [2.75, 3.05) is 6.16 Å². The van der Waals surface area contributed by atoms with Crippen molar-refractivity contribution in [1.82, 2.24) is 0 Å². The number of carbonyl (C=O) groups is 1. The Balaban J connectivity index is 1.88. The SMILES string of the molecule is CC(O[PH](=O)CC(=CC1CCCCC1)C(=O)O)C1CC1(C)C. The molecule has 0 amide bonds. The van der Waals surface area contributed by atoms with Crippen LogP contribution in [0.15, 0.2) is 11.6 Å². The zero-order valence-corrected chi connectivity index (χ0v) is 14.9. The monoisotopic (exact) mass is 328 g/mol. The lowest BCUT2D eigenvalue weighted by Crippen LogP contribution is -2.13. The smallest absolute Gasteiger partial charge is 0.331 e. The van der Waals surface area contributed by atoms with Gasteiger partial charge in [-0.25, -0.2) is 4.79 Å². The van der Waals surface area contributed by atoms with Crippen LogP contribution < -0.4 is 0 Å². The largest absolute Gasteiger partial charge is 0.478 e. The summed E-state index contributed by atoms with van der Waals surface area (Å²) in [5, 5.41) is 9.35. The molecule has 3 atom stereocenters. The Hall–Kier alpha value is -0.600. The standard InChI is InChI=1S/C17H29O4P/c1-12(15-10-17(15,2)3)21-22(20)11-14(16(18)19)9-13-7-5-4-6-8-13/h9,12-13,15,22H,4-8,10-11H2,1-3H3,(H,18,19). The Kier molecular flexibility index (Phi) is 5.90. The Morgan fingerprint density at radius 2 is 1.95 bits per heavy atom. The maximum Gasteiger partial charge on any atom is 0.331 e. The molecule has 0 spiro atoms. The van der Waals surface area contributed by atoms with E-state index in [9.17, 15) is 14.5 Å². The van der Waals surface area contributed by atoms with Gasteiger partial charge in [-0.1, -0.05) is 39.2 Å². The van der Waals surface area contributed by atoms with E-state index in [-0.39, 0.29) is 23.3 Å². The highest BCUT2D eigenvalue weighted by Gasteiger charge is 2.49. The lowest BCUT2D eigenvalue weighted by atomic mass is 9.88. The average Bonchev–Trinajstić information content (AvgIpc) is 3.08. The quantitative estimate of drug-likeness (QED) is 0.552. The number of allylic oxidation sites excluding steroid dienone is 1. The lowest BCUT2D eigenvalue weighted by molar-refractivity contribution is -0.132. The lowest BCUT2D eigenvalue weighted by Gasteiger charge is -2.19. The van der Waals surface area contributed by atoms with Crippen molar-refractivity contribution in [1.29, 1.82) is 0 Å². The second-order valence-electron chi connectivity index (χ2n) is 7.57. The van der Waals surface area contributed by atoms with Crippen molar-refractivity contribution in [3.05, 3.63) is 11.6 Å². The van der Waals surface area contributed by atoms with Crippen LogP contribution in [0, 0.1) is 17.3 Å². The van der Waals surface area contributed by atoms with Crippen molar-refractivity contribution >= 4 is 14.0 Å². The summed E-state index contributed by atoms with van der Waals surface area (Å²) >= 11 is 0. The molecule has 2 saturated carbocycles. The molecule has 126 valence electrons. The summed E-state index contributed by atoms with van der Waals surface area (Å²) < 4.78 is 17.8. The molecule has 4 nitrogen and oxygen atoms in total. The molecule has 1 N–H and O–H groups in total. The Morgan fingerprint density at radius 1 is 1.36 bits per heavy atom. The number of aliphatic carboxylic acids is 1. The molecular weight excluding hydrogens is 299 g/mol. The van der Waals surface area contributed by atoms with E-state index in [1.165, 1.54) is 6.42 Å². The van der Waals surface area contributed by atoms with Crippen molar-refractivity contribution in [3.63, 3.8) is 0 Å². The molecule has 0 aliphatic heterocycles. The van der Waals surface area contributed by atoms with Crippen molar-refractivity contribution in [2.24, 2.45) is 17.3 Å². The van der Waals surface area contributed by atoms with Gasteiger partial charge in [0.05, 0.1) is 12.3 Å². The number of hydrogen-bond acceptors (Lipinski definition) is 3. The molecule has 2 rings (SSSR count). The molecule has 0 saturated heterocycles. The molecule has 0 bridgehead atoms. The van der Waals surface area contributed by atoms with Crippen molar-refractivity contribution < 1.29 is 19.0 Å². The molecule has 22 heavy (non-hydrogen) atoms. The zero-order valence-electron chi connectivity index (χ0n) is 13.9.